The van der Waals surface area contributed by atoms with E-state index in [2.05, 4.69) is 0 Å². The average Bonchev–Trinajstić information content (AvgIpc) is 2.31. The summed E-state index contributed by atoms with van der Waals surface area (Å²) in [6.07, 6.45) is 1.58. The van der Waals surface area contributed by atoms with Gasteiger partial charge < -0.3 is 19.0 Å². The summed E-state index contributed by atoms with van der Waals surface area (Å²) in [6, 6.07) is -0.818. The standard InChI is InChI=1S/C9H22N2O5Si/c1-4-7-14-17(13-6-3,15-8-5-2)16-11-9(10)12/h4-8H2,1-3H3,(H3,10,11,12). The van der Waals surface area contributed by atoms with Crippen LogP contribution in [0.2, 0.25) is 0 Å². The molecule has 0 atom stereocenters. The Morgan fingerprint density at radius 2 is 1.65 bits per heavy atom. The molecule has 0 saturated heterocycles. The quantitative estimate of drug-likeness (QED) is 0.453. The summed E-state index contributed by atoms with van der Waals surface area (Å²) in [5.74, 6) is 0. The van der Waals surface area contributed by atoms with Crippen molar-refractivity contribution in [3.8, 4) is 0 Å². The number of rotatable bonds is 10. The molecule has 0 aromatic heterocycles. The molecular weight excluding hydrogens is 244 g/mol. The smallest absolute Gasteiger partial charge is 0.350 e. The molecule has 0 rings (SSSR count). The highest BCUT2D eigenvalue weighted by atomic mass is 28.4. The summed E-state index contributed by atoms with van der Waals surface area (Å²) in [5.41, 5.74) is 6.95. The minimum atomic E-state index is -3.31. The molecule has 0 aromatic rings. The van der Waals surface area contributed by atoms with Gasteiger partial charge in [0.1, 0.15) is 0 Å². The Bertz CT molecular complexity index is 210. The Hall–Kier alpha value is -0.673. The van der Waals surface area contributed by atoms with Gasteiger partial charge in [-0.3, -0.25) is 0 Å². The molecule has 17 heavy (non-hydrogen) atoms. The number of carbonyl (C=O) groups is 1. The predicted octanol–water partition coefficient (Wildman–Crippen LogP) is 0.912. The number of amides is 2. The Morgan fingerprint density at radius 1 is 1.12 bits per heavy atom. The summed E-state index contributed by atoms with van der Waals surface area (Å²) < 4.78 is 21.4. The first-order valence-corrected chi connectivity index (χ1v) is 7.38. The molecule has 8 heteroatoms. The lowest BCUT2D eigenvalue weighted by atomic mass is 10.5. The van der Waals surface area contributed by atoms with Crippen LogP contribution in [-0.2, 0) is 17.8 Å². The van der Waals surface area contributed by atoms with Crippen molar-refractivity contribution < 1.29 is 22.6 Å². The Labute approximate surface area is 103 Å². The first-order chi connectivity index (χ1) is 8.10. The first kappa shape index (κ1) is 16.3. The molecule has 102 valence electrons. The van der Waals surface area contributed by atoms with E-state index in [1.807, 2.05) is 19.3 Å². The lowest BCUT2D eigenvalue weighted by Gasteiger charge is -2.26. The molecular formula is C9H22N2O5Si. The van der Waals surface area contributed by atoms with Crippen molar-refractivity contribution in [1.82, 2.24) is 5.48 Å². The number of nitrogens with one attached hydrogen (secondary N) is 1. The maximum atomic E-state index is 10.6. The fourth-order valence-electron chi connectivity index (χ4n) is 0.957. The lowest BCUT2D eigenvalue weighted by Crippen LogP contribution is -2.54. The van der Waals surface area contributed by atoms with Gasteiger partial charge >= 0.3 is 15.1 Å². The van der Waals surface area contributed by atoms with Crippen LogP contribution in [0.1, 0.15) is 33.6 Å². The fourth-order valence-corrected chi connectivity index (χ4v) is 2.87. The van der Waals surface area contributed by atoms with E-state index in [1.54, 1.807) is 6.92 Å². The third-order valence-electron chi connectivity index (χ3n) is 1.56. The van der Waals surface area contributed by atoms with E-state index >= 15 is 0 Å². The van der Waals surface area contributed by atoms with Gasteiger partial charge in [0.2, 0.25) is 0 Å². The van der Waals surface area contributed by atoms with Gasteiger partial charge in [0.15, 0.2) is 0 Å². The molecule has 0 aliphatic heterocycles. The number of primary amides is 1. The van der Waals surface area contributed by atoms with E-state index in [0.29, 0.717) is 19.8 Å². The van der Waals surface area contributed by atoms with Gasteiger partial charge in [-0.1, -0.05) is 13.8 Å². The van der Waals surface area contributed by atoms with Crippen LogP contribution in [0.4, 0.5) is 4.79 Å². The van der Waals surface area contributed by atoms with Crippen molar-refractivity contribution in [2.24, 2.45) is 5.73 Å². The van der Waals surface area contributed by atoms with Gasteiger partial charge in [-0.05, 0) is 19.8 Å². The molecule has 2 amide bonds. The van der Waals surface area contributed by atoms with Crippen LogP contribution in [0.3, 0.4) is 0 Å². The zero-order valence-corrected chi connectivity index (χ0v) is 11.7. The number of hydrogen-bond acceptors (Lipinski definition) is 5. The molecule has 0 aromatic carbocycles. The first-order valence-electron chi connectivity index (χ1n) is 5.75. The van der Waals surface area contributed by atoms with Crippen LogP contribution in [0.15, 0.2) is 0 Å². The second kappa shape index (κ2) is 9.37. The SMILES string of the molecule is CCCO[Si](OCC)(OCCC)ONC(N)=O. The molecule has 0 saturated carbocycles. The summed E-state index contributed by atoms with van der Waals surface area (Å²) in [5, 5.41) is 0. The highest BCUT2D eigenvalue weighted by molar-refractivity contribution is 6.53. The van der Waals surface area contributed by atoms with Crippen molar-refractivity contribution in [2.75, 3.05) is 19.8 Å². The third kappa shape index (κ3) is 7.29. The molecule has 0 unspecified atom stereocenters. The molecule has 0 fully saturated rings. The molecule has 0 radical (unpaired) electrons. The number of hydrogen-bond donors (Lipinski definition) is 2. The third-order valence-corrected chi connectivity index (χ3v) is 3.67. The van der Waals surface area contributed by atoms with Crippen molar-refractivity contribution in [3.63, 3.8) is 0 Å². The number of hydroxylamine groups is 1. The number of carbonyl (C=O) groups excluding carboxylic acids is 1. The van der Waals surface area contributed by atoms with Crippen LogP contribution < -0.4 is 11.2 Å². The number of urea groups is 1. The molecule has 3 N–H and O–H groups in total. The molecule has 7 nitrogen and oxygen atoms in total. The van der Waals surface area contributed by atoms with E-state index in [1.165, 1.54) is 0 Å². The van der Waals surface area contributed by atoms with Crippen LogP contribution in [0.25, 0.3) is 0 Å². The van der Waals surface area contributed by atoms with E-state index < -0.39 is 15.1 Å². The molecule has 0 heterocycles. The van der Waals surface area contributed by atoms with Gasteiger partial charge in [-0.15, -0.1) is 0 Å². The maximum absolute atomic E-state index is 10.6. The highest BCUT2D eigenvalue weighted by Gasteiger charge is 2.46. The monoisotopic (exact) mass is 266 g/mol. The minimum absolute atomic E-state index is 0.361. The van der Waals surface area contributed by atoms with Crippen LogP contribution in [-0.4, -0.2) is 34.9 Å². The minimum Gasteiger partial charge on any atom is -0.350 e. The Balaban J connectivity index is 4.48. The van der Waals surface area contributed by atoms with E-state index in [0.717, 1.165) is 12.8 Å². The maximum Gasteiger partial charge on any atom is 0.702 e. The second-order valence-electron chi connectivity index (χ2n) is 3.20. The normalized spacial score (nSPS) is 11.5. The second-order valence-corrected chi connectivity index (χ2v) is 5.27. The van der Waals surface area contributed by atoms with E-state index in [4.69, 9.17) is 23.5 Å². The van der Waals surface area contributed by atoms with Crippen molar-refractivity contribution in [3.05, 3.63) is 0 Å². The Morgan fingerprint density at radius 3 is 2.00 bits per heavy atom. The predicted molar refractivity (Wildman–Crippen MR) is 63.7 cm³/mol. The van der Waals surface area contributed by atoms with E-state index in [-0.39, 0.29) is 0 Å². The molecule has 0 spiro atoms. The summed E-state index contributed by atoms with van der Waals surface area (Å²) in [4.78, 5) is 10.6. The van der Waals surface area contributed by atoms with Gasteiger partial charge in [-0.2, -0.15) is 0 Å². The largest absolute Gasteiger partial charge is 0.702 e. The lowest BCUT2D eigenvalue weighted by molar-refractivity contribution is -0.0510. The van der Waals surface area contributed by atoms with Crippen molar-refractivity contribution >= 4 is 15.1 Å². The highest BCUT2D eigenvalue weighted by Crippen LogP contribution is 2.11. The molecule has 0 aliphatic rings. The van der Waals surface area contributed by atoms with Crippen LogP contribution >= 0.6 is 0 Å². The van der Waals surface area contributed by atoms with Crippen molar-refractivity contribution in [2.45, 2.75) is 33.6 Å². The fraction of sp³-hybridized carbons (Fsp3) is 0.889. The topological polar surface area (TPSA) is 92.0 Å². The van der Waals surface area contributed by atoms with Crippen LogP contribution in [0, 0.1) is 0 Å². The van der Waals surface area contributed by atoms with Gasteiger partial charge in [0, 0.05) is 19.8 Å². The Kier molecular flexibility index (Phi) is 9.00. The molecule has 0 aliphatic carbocycles. The summed E-state index contributed by atoms with van der Waals surface area (Å²) >= 11 is 0. The van der Waals surface area contributed by atoms with Crippen molar-refractivity contribution in [1.29, 1.82) is 0 Å². The molecule has 0 bridgehead atoms. The zero-order valence-electron chi connectivity index (χ0n) is 10.7. The van der Waals surface area contributed by atoms with Gasteiger partial charge in [0.25, 0.3) is 0 Å². The van der Waals surface area contributed by atoms with Gasteiger partial charge in [0.05, 0.1) is 0 Å². The van der Waals surface area contributed by atoms with Gasteiger partial charge in [-0.25, -0.2) is 14.8 Å². The zero-order chi connectivity index (χ0) is 13.1. The summed E-state index contributed by atoms with van der Waals surface area (Å²) in [6.45, 7) is 6.91. The number of nitrogens with two attached hydrogens (primary N) is 1. The summed E-state index contributed by atoms with van der Waals surface area (Å²) in [7, 11) is -3.31. The average molecular weight is 266 g/mol. The van der Waals surface area contributed by atoms with Crippen LogP contribution in [0.5, 0.6) is 0 Å². The van der Waals surface area contributed by atoms with E-state index in [9.17, 15) is 4.79 Å².